The van der Waals surface area contributed by atoms with Crippen molar-refractivity contribution in [3.8, 4) is 11.5 Å². The molecule has 6 heteroatoms. The monoisotopic (exact) mass is 355 g/mol. The van der Waals surface area contributed by atoms with Crippen LogP contribution in [0.3, 0.4) is 0 Å². The van der Waals surface area contributed by atoms with Crippen molar-refractivity contribution in [3.63, 3.8) is 0 Å². The van der Waals surface area contributed by atoms with Gasteiger partial charge in [0.2, 0.25) is 0 Å². The fraction of sp³-hybridized carbons (Fsp3) is 0.250. The fourth-order valence-electron chi connectivity index (χ4n) is 2.90. The van der Waals surface area contributed by atoms with Gasteiger partial charge >= 0.3 is 0 Å². The SMILES string of the molecule is COC(OC)c1cc2ccc(Oc3ccccc3)cc2n(CCO)c1=O. The number of methoxy groups -OCH3 is 2. The van der Waals surface area contributed by atoms with Crippen molar-refractivity contribution in [2.45, 2.75) is 12.8 Å². The minimum Gasteiger partial charge on any atom is -0.457 e. The molecule has 0 amide bonds. The zero-order valence-corrected chi connectivity index (χ0v) is 14.7. The molecule has 136 valence electrons. The number of pyridine rings is 1. The number of hydrogen-bond donors (Lipinski definition) is 1. The third-order valence-electron chi connectivity index (χ3n) is 4.08. The van der Waals surface area contributed by atoms with Crippen LogP contribution in [0.4, 0.5) is 0 Å². The van der Waals surface area contributed by atoms with Gasteiger partial charge in [-0.2, -0.15) is 0 Å². The summed E-state index contributed by atoms with van der Waals surface area (Å²) in [6.07, 6.45) is -0.767. The smallest absolute Gasteiger partial charge is 0.259 e. The second-order valence-electron chi connectivity index (χ2n) is 5.72. The molecule has 0 saturated heterocycles. The molecule has 0 saturated carbocycles. The van der Waals surface area contributed by atoms with E-state index in [1.807, 2.05) is 42.5 Å². The molecule has 0 bridgehead atoms. The van der Waals surface area contributed by atoms with Gasteiger partial charge in [0.25, 0.3) is 5.56 Å². The number of fused-ring (bicyclic) bond motifs is 1. The van der Waals surface area contributed by atoms with Crippen molar-refractivity contribution in [3.05, 3.63) is 70.5 Å². The first kappa shape index (κ1) is 18.1. The molecule has 3 aromatic rings. The number of ether oxygens (including phenoxy) is 3. The summed E-state index contributed by atoms with van der Waals surface area (Å²) in [5, 5.41) is 10.2. The molecule has 2 aromatic carbocycles. The topological polar surface area (TPSA) is 69.9 Å². The number of aromatic nitrogens is 1. The largest absolute Gasteiger partial charge is 0.457 e. The van der Waals surface area contributed by atoms with E-state index < -0.39 is 6.29 Å². The van der Waals surface area contributed by atoms with Crippen LogP contribution < -0.4 is 10.3 Å². The Balaban J connectivity index is 2.12. The number of aliphatic hydroxyl groups is 1. The van der Waals surface area contributed by atoms with Gasteiger partial charge in [-0.3, -0.25) is 4.79 Å². The van der Waals surface area contributed by atoms with E-state index in [-0.39, 0.29) is 18.7 Å². The fourth-order valence-corrected chi connectivity index (χ4v) is 2.90. The quantitative estimate of drug-likeness (QED) is 0.660. The molecular formula is C20H21NO5. The highest BCUT2D eigenvalue weighted by Gasteiger charge is 2.18. The number of nitrogens with zero attached hydrogens (tertiary/aromatic N) is 1. The van der Waals surface area contributed by atoms with E-state index in [4.69, 9.17) is 14.2 Å². The van der Waals surface area contributed by atoms with Crippen molar-refractivity contribution in [1.29, 1.82) is 0 Å². The summed E-state index contributed by atoms with van der Waals surface area (Å²) in [6, 6.07) is 16.6. The molecule has 6 nitrogen and oxygen atoms in total. The van der Waals surface area contributed by atoms with Crippen LogP contribution in [0.25, 0.3) is 10.9 Å². The second-order valence-corrected chi connectivity index (χ2v) is 5.72. The Kier molecular flexibility index (Phi) is 5.68. The molecule has 26 heavy (non-hydrogen) atoms. The highest BCUT2D eigenvalue weighted by Crippen LogP contribution is 2.27. The number of aliphatic hydroxyl groups excluding tert-OH is 1. The summed E-state index contributed by atoms with van der Waals surface area (Å²) >= 11 is 0. The van der Waals surface area contributed by atoms with Gasteiger partial charge in [0, 0.05) is 26.8 Å². The van der Waals surface area contributed by atoms with Crippen LogP contribution in [-0.4, -0.2) is 30.5 Å². The Morgan fingerprint density at radius 3 is 2.38 bits per heavy atom. The van der Waals surface area contributed by atoms with Gasteiger partial charge in [0.1, 0.15) is 11.5 Å². The lowest BCUT2D eigenvalue weighted by Gasteiger charge is -2.17. The molecule has 3 rings (SSSR count). The van der Waals surface area contributed by atoms with Gasteiger partial charge in [-0.25, -0.2) is 0 Å². The summed E-state index contributed by atoms with van der Waals surface area (Å²) in [7, 11) is 2.95. The van der Waals surface area contributed by atoms with Crippen molar-refractivity contribution >= 4 is 10.9 Å². The van der Waals surface area contributed by atoms with E-state index in [0.717, 1.165) is 5.39 Å². The second kappa shape index (κ2) is 8.14. The molecule has 0 aliphatic rings. The maximum Gasteiger partial charge on any atom is 0.259 e. The first-order valence-electron chi connectivity index (χ1n) is 8.24. The van der Waals surface area contributed by atoms with E-state index in [1.165, 1.54) is 18.8 Å². The highest BCUT2D eigenvalue weighted by molar-refractivity contribution is 5.81. The predicted molar refractivity (Wildman–Crippen MR) is 98.6 cm³/mol. The van der Waals surface area contributed by atoms with Crippen LogP contribution in [0, 0.1) is 0 Å². The van der Waals surface area contributed by atoms with Crippen LogP contribution >= 0.6 is 0 Å². The Labute approximate surface area is 151 Å². The van der Waals surface area contributed by atoms with Crippen LogP contribution in [0.15, 0.2) is 59.4 Å². The van der Waals surface area contributed by atoms with Gasteiger partial charge in [-0.15, -0.1) is 0 Å². The molecule has 0 fully saturated rings. The van der Waals surface area contributed by atoms with E-state index in [9.17, 15) is 9.90 Å². The third kappa shape index (κ3) is 3.62. The Hall–Kier alpha value is -2.67. The summed E-state index contributed by atoms with van der Waals surface area (Å²) in [6.45, 7) is 0.00493. The van der Waals surface area contributed by atoms with Gasteiger partial charge in [-0.05, 0) is 35.7 Å². The molecule has 1 N–H and O–H groups in total. The maximum atomic E-state index is 12.9. The lowest BCUT2D eigenvalue weighted by molar-refractivity contribution is -0.106. The maximum absolute atomic E-state index is 12.9. The Morgan fingerprint density at radius 2 is 1.73 bits per heavy atom. The first-order chi connectivity index (χ1) is 12.7. The van der Waals surface area contributed by atoms with Crippen molar-refractivity contribution in [2.75, 3.05) is 20.8 Å². The molecule has 0 aliphatic heterocycles. The predicted octanol–water partition coefficient (Wildman–Crippen LogP) is 3.08. The third-order valence-corrected chi connectivity index (χ3v) is 4.08. The van der Waals surface area contributed by atoms with E-state index in [1.54, 1.807) is 12.1 Å². The molecule has 1 aromatic heterocycles. The zero-order chi connectivity index (χ0) is 18.5. The summed E-state index contributed by atoms with van der Waals surface area (Å²) < 4.78 is 17.8. The summed E-state index contributed by atoms with van der Waals surface area (Å²) in [5.74, 6) is 1.32. The average molecular weight is 355 g/mol. The average Bonchev–Trinajstić information content (AvgIpc) is 2.67. The molecule has 0 spiro atoms. The standard InChI is InChI=1S/C20H21NO5/c1-24-20(25-2)17-12-14-8-9-16(26-15-6-4-3-5-7-15)13-18(14)21(10-11-22)19(17)23/h3-9,12-13,20,22H,10-11H2,1-2H3. The molecule has 0 aliphatic carbocycles. The Bertz CT molecular complexity index is 932. The van der Waals surface area contributed by atoms with Crippen LogP contribution in [0.2, 0.25) is 0 Å². The Morgan fingerprint density at radius 1 is 1.00 bits per heavy atom. The van der Waals surface area contributed by atoms with Crippen LogP contribution in [0.1, 0.15) is 11.9 Å². The van der Waals surface area contributed by atoms with Crippen LogP contribution in [-0.2, 0) is 16.0 Å². The first-order valence-corrected chi connectivity index (χ1v) is 8.24. The molecule has 0 radical (unpaired) electrons. The van der Waals surface area contributed by atoms with Gasteiger partial charge in [-0.1, -0.05) is 18.2 Å². The number of hydrogen-bond acceptors (Lipinski definition) is 5. The molecular weight excluding hydrogens is 334 g/mol. The number of para-hydroxylation sites is 1. The molecule has 0 atom stereocenters. The summed E-state index contributed by atoms with van der Waals surface area (Å²) in [4.78, 5) is 12.9. The van der Waals surface area contributed by atoms with Crippen molar-refractivity contribution in [1.82, 2.24) is 4.57 Å². The van der Waals surface area contributed by atoms with Gasteiger partial charge in [0.15, 0.2) is 6.29 Å². The molecule has 0 unspecified atom stereocenters. The molecule has 1 heterocycles. The minimum absolute atomic E-state index is 0.160. The zero-order valence-electron chi connectivity index (χ0n) is 14.7. The van der Waals surface area contributed by atoms with Gasteiger partial charge in [0.05, 0.1) is 17.7 Å². The van der Waals surface area contributed by atoms with E-state index in [2.05, 4.69) is 0 Å². The van der Waals surface area contributed by atoms with Crippen LogP contribution in [0.5, 0.6) is 11.5 Å². The number of benzene rings is 2. The normalized spacial score (nSPS) is 11.2. The van der Waals surface area contributed by atoms with Crippen molar-refractivity contribution in [2.24, 2.45) is 0 Å². The van der Waals surface area contributed by atoms with Gasteiger partial charge < -0.3 is 23.9 Å². The van der Waals surface area contributed by atoms with Crippen molar-refractivity contribution < 1.29 is 19.3 Å². The lowest BCUT2D eigenvalue weighted by Crippen LogP contribution is -2.28. The lowest BCUT2D eigenvalue weighted by atomic mass is 10.1. The highest BCUT2D eigenvalue weighted by atomic mass is 16.7. The minimum atomic E-state index is -0.767. The van der Waals surface area contributed by atoms with E-state index >= 15 is 0 Å². The number of rotatable bonds is 7. The van der Waals surface area contributed by atoms with E-state index in [0.29, 0.717) is 22.6 Å². The summed E-state index contributed by atoms with van der Waals surface area (Å²) in [5.41, 5.74) is 0.789.